The SMILES string of the molecule is CN(C)CCN=Cc1c(N)c(Br)cn(C)c1=O. The predicted octanol–water partition coefficient (Wildman–Crippen LogP) is 0.710. The Bertz CT molecular complexity index is 479. The second-order valence-electron chi connectivity index (χ2n) is 4.06. The van der Waals surface area contributed by atoms with Gasteiger partial charge in [-0.25, -0.2) is 0 Å². The van der Waals surface area contributed by atoms with Crippen LogP contribution in [0.1, 0.15) is 5.56 Å². The molecule has 2 N–H and O–H groups in total. The van der Waals surface area contributed by atoms with E-state index in [4.69, 9.17) is 5.73 Å². The van der Waals surface area contributed by atoms with Crippen LogP contribution < -0.4 is 11.3 Å². The van der Waals surface area contributed by atoms with Crippen molar-refractivity contribution in [3.8, 4) is 0 Å². The minimum Gasteiger partial charge on any atom is -0.397 e. The molecule has 1 rings (SSSR count). The zero-order valence-corrected chi connectivity index (χ0v) is 11.9. The Morgan fingerprint density at radius 3 is 2.82 bits per heavy atom. The minimum atomic E-state index is -0.140. The highest BCUT2D eigenvalue weighted by Gasteiger charge is 2.07. The van der Waals surface area contributed by atoms with Crippen molar-refractivity contribution in [2.24, 2.45) is 12.0 Å². The summed E-state index contributed by atoms with van der Waals surface area (Å²) in [5, 5.41) is 0. The summed E-state index contributed by atoms with van der Waals surface area (Å²) in [6.07, 6.45) is 3.20. The van der Waals surface area contributed by atoms with E-state index >= 15 is 0 Å². The molecule has 0 saturated heterocycles. The molecule has 0 unspecified atom stereocenters. The van der Waals surface area contributed by atoms with Crippen molar-refractivity contribution < 1.29 is 0 Å². The number of likely N-dealkylation sites (N-methyl/N-ethyl adjacent to an activating group) is 1. The second kappa shape index (κ2) is 5.97. The van der Waals surface area contributed by atoms with Gasteiger partial charge in [0.1, 0.15) is 0 Å². The van der Waals surface area contributed by atoms with Crippen molar-refractivity contribution >= 4 is 27.8 Å². The average Bonchev–Trinajstić information content (AvgIpc) is 2.25. The topological polar surface area (TPSA) is 63.6 Å². The first-order valence-corrected chi connectivity index (χ1v) is 6.02. The number of hydrogen-bond donors (Lipinski definition) is 1. The quantitative estimate of drug-likeness (QED) is 0.833. The molecule has 1 aromatic rings. The van der Waals surface area contributed by atoms with E-state index in [2.05, 4.69) is 20.9 Å². The van der Waals surface area contributed by atoms with Crippen molar-refractivity contribution in [1.29, 1.82) is 0 Å². The molecule has 1 aromatic heterocycles. The van der Waals surface area contributed by atoms with Crippen LogP contribution in [0.3, 0.4) is 0 Å². The van der Waals surface area contributed by atoms with E-state index in [-0.39, 0.29) is 5.56 Å². The smallest absolute Gasteiger partial charge is 0.261 e. The molecule has 0 aliphatic carbocycles. The molecule has 0 saturated carbocycles. The Morgan fingerprint density at radius 1 is 1.59 bits per heavy atom. The van der Waals surface area contributed by atoms with E-state index in [1.807, 2.05) is 19.0 Å². The van der Waals surface area contributed by atoms with Crippen molar-refractivity contribution in [1.82, 2.24) is 9.47 Å². The maximum absolute atomic E-state index is 11.8. The molecule has 94 valence electrons. The summed E-state index contributed by atoms with van der Waals surface area (Å²) < 4.78 is 2.18. The number of anilines is 1. The highest BCUT2D eigenvalue weighted by molar-refractivity contribution is 9.10. The van der Waals surface area contributed by atoms with Crippen molar-refractivity contribution in [3.05, 3.63) is 26.6 Å². The first kappa shape index (κ1) is 13.9. The Hall–Kier alpha value is -1.14. The third kappa shape index (κ3) is 3.67. The van der Waals surface area contributed by atoms with E-state index in [1.165, 1.54) is 4.57 Å². The fourth-order valence-corrected chi connectivity index (χ4v) is 1.79. The number of aromatic nitrogens is 1. The first-order valence-electron chi connectivity index (χ1n) is 5.22. The molecule has 0 aliphatic heterocycles. The predicted molar refractivity (Wildman–Crippen MR) is 74.8 cm³/mol. The molecule has 6 heteroatoms. The summed E-state index contributed by atoms with van der Waals surface area (Å²) in [5.74, 6) is 0. The number of aryl methyl sites for hydroxylation is 1. The van der Waals surface area contributed by atoms with Crippen LogP contribution in [-0.4, -0.2) is 42.9 Å². The molecule has 0 aromatic carbocycles. The Labute approximate surface area is 109 Å². The highest BCUT2D eigenvalue weighted by Crippen LogP contribution is 2.18. The molecular weight excluding hydrogens is 284 g/mol. The summed E-state index contributed by atoms with van der Waals surface area (Å²) in [7, 11) is 5.63. The third-order valence-electron chi connectivity index (χ3n) is 2.30. The van der Waals surface area contributed by atoms with Gasteiger partial charge in [0.15, 0.2) is 0 Å². The average molecular weight is 301 g/mol. The molecule has 5 nitrogen and oxygen atoms in total. The van der Waals surface area contributed by atoms with Gasteiger partial charge in [-0.05, 0) is 30.0 Å². The number of pyridine rings is 1. The van der Waals surface area contributed by atoms with Gasteiger partial charge >= 0.3 is 0 Å². The molecule has 0 fully saturated rings. The number of rotatable bonds is 4. The van der Waals surface area contributed by atoms with Gasteiger partial charge in [0, 0.05) is 26.0 Å². The maximum Gasteiger partial charge on any atom is 0.261 e. The van der Waals surface area contributed by atoms with Crippen molar-refractivity contribution in [2.75, 3.05) is 32.9 Å². The molecule has 0 amide bonds. The lowest BCUT2D eigenvalue weighted by molar-refractivity contribution is 0.421. The zero-order chi connectivity index (χ0) is 13.0. The lowest BCUT2D eigenvalue weighted by atomic mass is 10.2. The number of nitrogens with two attached hydrogens (primary N) is 1. The molecule has 0 radical (unpaired) electrons. The monoisotopic (exact) mass is 300 g/mol. The van der Waals surface area contributed by atoms with E-state index in [1.54, 1.807) is 19.5 Å². The fraction of sp³-hybridized carbons (Fsp3) is 0.455. The Balaban J connectivity index is 2.95. The van der Waals surface area contributed by atoms with E-state index in [0.717, 1.165) is 6.54 Å². The van der Waals surface area contributed by atoms with Gasteiger partial charge in [0.2, 0.25) is 0 Å². The van der Waals surface area contributed by atoms with Crippen LogP contribution in [0.15, 0.2) is 20.5 Å². The van der Waals surface area contributed by atoms with E-state index < -0.39 is 0 Å². The van der Waals surface area contributed by atoms with Crippen molar-refractivity contribution in [2.45, 2.75) is 0 Å². The van der Waals surface area contributed by atoms with Crippen molar-refractivity contribution in [3.63, 3.8) is 0 Å². The molecule has 17 heavy (non-hydrogen) atoms. The number of nitrogen functional groups attached to an aromatic ring is 1. The van der Waals surface area contributed by atoms with Gasteiger partial charge in [-0.1, -0.05) is 0 Å². The van der Waals surface area contributed by atoms with Gasteiger partial charge in [-0.2, -0.15) is 0 Å². The Kier molecular flexibility index (Phi) is 4.89. The summed E-state index contributed by atoms with van der Waals surface area (Å²) in [4.78, 5) is 18.1. The van der Waals surface area contributed by atoms with Gasteiger partial charge in [-0.3, -0.25) is 9.79 Å². The first-order chi connectivity index (χ1) is 7.93. The third-order valence-corrected chi connectivity index (χ3v) is 2.93. The number of aliphatic imine (C=N–C) groups is 1. The van der Waals surface area contributed by atoms with Gasteiger partial charge in [0.25, 0.3) is 5.56 Å². The zero-order valence-electron chi connectivity index (χ0n) is 10.3. The number of hydrogen-bond acceptors (Lipinski definition) is 4. The molecule has 0 atom stereocenters. The van der Waals surface area contributed by atoms with Gasteiger partial charge in [-0.15, -0.1) is 0 Å². The van der Waals surface area contributed by atoms with Crippen LogP contribution in [0.5, 0.6) is 0 Å². The standard InChI is InChI=1S/C11H17BrN4O/c1-15(2)5-4-14-6-8-10(13)9(12)7-16(3)11(8)17/h6-7H,4-5,13H2,1-3H3. The molecule has 0 spiro atoms. The maximum atomic E-state index is 11.8. The minimum absolute atomic E-state index is 0.140. The highest BCUT2D eigenvalue weighted by atomic mass is 79.9. The molecule has 0 bridgehead atoms. The van der Waals surface area contributed by atoms with Gasteiger partial charge < -0.3 is 15.2 Å². The van der Waals surface area contributed by atoms with Gasteiger partial charge in [0.05, 0.1) is 22.3 Å². The lowest BCUT2D eigenvalue weighted by Crippen LogP contribution is -2.23. The van der Waals surface area contributed by atoms with Crippen LogP contribution in [0.25, 0.3) is 0 Å². The number of nitrogens with zero attached hydrogens (tertiary/aromatic N) is 3. The van der Waals surface area contributed by atoms with Crippen LogP contribution in [0.2, 0.25) is 0 Å². The molecular formula is C11H17BrN4O. The summed E-state index contributed by atoms with van der Waals surface area (Å²) in [6.45, 7) is 1.48. The lowest BCUT2D eigenvalue weighted by Gasteiger charge is -2.07. The summed E-state index contributed by atoms with van der Waals surface area (Å²) >= 11 is 3.31. The van der Waals surface area contributed by atoms with Crippen LogP contribution in [0, 0.1) is 0 Å². The van der Waals surface area contributed by atoms with Crippen LogP contribution >= 0.6 is 15.9 Å². The van der Waals surface area contributed by atoms with E-state index in [9.17, 15) is 4.79 Å². The largest absolute Gasteiger partial charge is 0.397 e. The normalized spacial score (nSPS) is 11.6. The number of halogens is 1. The van der Waals surface area contributed by atoms with Crippen LogP contribution in [0.4, 0.5) is 5.69 Å². The molecule has 1 heterocycles. The van der Waals surface area contributed by atoms with E-state index in [0.29, 0.717) is 22.3 Å². The molecule has 0 aliphatic rings. The Morgan fingerprint density at radius 2 is 2.24 bits per heavy atom. The summed E-state index contributed by atoms with van der Waals surface area (Å²) in [5.41, 5.74) is 6.56. The fourth-order valence-electron chi connectivity index (χ4n) is 1.27. The summed E-state index contributed by atoms with van der Waals surface area (Å²) in [6, 6.07) is 0. The van der Waals surface area contributed by atoms with Crippen LogP contribution in [-0.2, 0) is 7.05 Å². The second-order valence-corrected chi connectivity index (χ2v) is 4.91.